The molecule has 25 heavy (non-hydrogen) atoms. The van der Waals surface area contributed by atoms with Gasteiger partial charge in [-0.1, -0.05) is 42.5 Å². The van der Waals surface area contributed by atoms with Crippen molar-refractivity contribution >= 4 is 0 Å². The molecule has 1 heterocycles. The summed E-state index contributed by atoms with van der Waals surface area (Å²) in [5, 5.41) is 0. The molecule has 0 aliphatic heterocycles. The van der Waals surface area contributed by atoms with Gasteiger partial charge in [0.2, 0.25) is 0 Å². The molecule has 0 N–H and O–H groups in total. The van der Waals surface area contributed by atoms with Crippen molar-refractivity contribution in [3.05, 3.63) is 66.4 Å². The minimum Gasteiger partial charge on any atom is -0.240 e. The number of hydrogen-bond donors (Lipinski definition) is 0. The summed E-state index contributed by atoms with van der Waals surface area (Å²) < 4.78 is 77.6. The van der Waals surface area contributed by atoms with E-state index in [2.05, 4.69) is 4.98 Å². The molecule has 130 valence electrons. The first kappa shape index (κ1) is 17.1. The van der Waals surface area contributed by atoms with E-state index in [1.807, 2.05) is 0 Å². The highest BCUT2D eigenvalue weighted by molar-refractivity contribution is 5.65. The van der Waals surface area contributed by atoms with Gasteiger partial charge in [-0.25, -0.2) is 9.55 Å². The summed E-state index contributed by atoms with van der Waals surface area (Å²) in [4.78, 5) is 3.97. The predicted molar refractivity (Wildman–Crippen MR) is 79.4 cm³/mol. The van der Waals surface area contributed by atoms with Gasteiger partial charge in [0.1, 0.15) is 5.82 Å². The van der Waals surface area contributed by atoms with E-state index in [1.54, 1.807) is 18.2 Å². The maximum Gasteiger partial charge on any atom is 0.490 e. The van der Waals surface area contributed by atoms with E-state index in [0.717, 1.165) is 30.5 Å². The lowest BCUT2D eigenvalue weighted by atomic mass is 10.1. The summed E-state index contributed by atoms with van der Waals surface area (Å²) in [5.41, 5.74) is -0.536. The van der Waals surface area contributed by atoms with Crippen molar-refractivity contribution in [2.75, 3.05) is 0 Å². The molecule has 1 aromatic heterocycles. The van der Waals surface area contributed by atoms with Crippen LogP contribution < -0.4 is 0 Å². The minimum absolute atomic E-state index is 0.0509. The van der Waals surface area contributed by atoms with Crippen molar-refractivity contribution in [3.63, 3.8) is 0 Å². The maximum absolute atomic E-state index is 13.3. The first-order valence-electron chi connectivity index (χ1n) is 7.06. The fourth-order valence-corrected chi connectivity index (χ4v) is 2.33. The van der Waals surface area contributed by atoms with Gasteiger partial charge in [-0.05, 0) is 12.1 Å². The number of aromatic nitrogens is 2. The van der Waals surface area contributed by atoms with Crippen LogP contribution in [0.2, 0.25) is 0 Å². The Kier molecular flexibility index (Phi) is 4.06. The Labute approximate surface area is 138 Å². The summed E-state index contributed by atoms with van der Waals surface area (Å²) in [5.74, 6) is -0.331. The SMILES string of the molecule is FC(F)(F)c1ccc(-c2cn(C(F)(F)F)c(-c3ccccc3)n2)cc1. The maximum atomic E-state index is 13.3. The van der Waals surface area contributed by atoms with Crippen LogP contribution in [0.4, 0.5) is 26.3 Å². The summed E-state index contributed by atoms with van der Waals surface area (Å²) in [6, 6.07) is 11.6. The number of nitrogens with zero attached hydrogens (tertiary/aromatic N) is 2. The van der Waals surface area contributed by atoms with E-state index in [9.17, 15) is 26.3 Å². The highest BCUT2D eigenvalue weighted by Gasteiger charge is 2.35. The molecule has 3 aromatic rings. The fourth-order valence-electron chi connectivity index (χ4n) is 2.33. The van der Waals surface area contributed by atoms with Crippen molar-refractivity contribution in [1.82, 2.24) is 9.55 Å². The molecule has 0 saturated heterocycles. The Morgan fingerprint density at radius 3 is 1.84 bits per heavy atom. The first-order valence-corrected chi connectivity index (χ1v) is 7.06. The monoisotopic (exact) mass is 356 g/mol. The van der Waals surface area contributed by atoms with E-state index in [1.165, 1.54) is 12.1 Å². The molecule has 0 aliphatic carbocycles. The number of alkyl halides is 6. The molecule has 0 spiro atoms. The second kappa shape index (κ2) is 5.94. The van der Waals surface area contributed by atoms with Gasteiger partial charge in [-0.3, -0.25) is 0 Å². The molecule has 0 unspecified atom stereocenters. The molecule has 3 rings (SSSR count). The standard InChI is InChI=1S/C17H10F6N2/c18-16(19,20)13-8-6-11(7-9-13)14-10-25(17(21,22)23)15(24-14)12-4-2-1-3-5-12/h1-10H. The Morgan fingerprint density at radius 1 is 0.720 bits per heavy atom. The van der Waals surface area contributed by atoms with Crippen LogP contribution in [0, 0.1) is 0 Å². The molecule has 2 aromatic carbocycles. The second-order valence-electron chi connectivity index (χ2n) is 5.23. The zero-order valence-electron chi connectivity index (χ0n) is 12.4. The molecule has 0 fully saturated rings. The largest absolute Gasteiger partial charge is 0.490 e. The third-order valence-electron chi connectivity index (χ3n) is 3.52. The van der Waals surface area contributed by atoms with Gasteiger partial charge < -0.3 is 0 Å². The van der Waals surface area contributed by atoms with Gasteiger partial charge in [0, 0.05) is 17.3 Å². The molecule has 2 nitrogen and oxygen atoms in total. The lowest BCUT2D eigenvalue weighted by Gasteiger charge is -2.10. The number of rotatable bonds is 2. The van der Waals surface area contributed by atoms with Crippen LogP contribution in [0.15, 0.2) is 60.8 Å². The summed E-state index contributed by atoms with van der Waals surface area (Å²) in [7, 11) is 0. The van der Waals surface area contributed by atoms with Crippen LogP contribution in [0.3, 0.4) is 0 Å². The molecule has 8 heteroatoms. The molecule has 0 aliphatic rings. The normalized spacial score (nSPS) is 12.4. The summed E-state index contributed by atoms with van der Waals surface area (Å²) in [6.45, 7) is 0. The minimum atomic E-state index is -4.71. The number of imidazole rings is 1. The van der Waals surface area contributed by atoms with Crippen LogP contribution in [0.5, 0.6) is 0 Å². The lowest BCUT2D eigenvalue weighted by Crippen LogP contribution is -2.16. The van der Waals surface area contributed by atoms with Crippen molar-refractivity contribution in [1.29, 1.82) is 0 Å². The lowest BCUT2D eigenvalue weighted by molar-refractivity contribution is -0.202. The quantitative estimate of drug-likeness (QED) is 0.538. The average Bonchev–Trinajstić information content (AvgIpc) is 3.01. The van der Waals surface area contributed by atoms with Crippen molar-refractivity contribution in [2.24, 2.45) is 0 Å². The topological polar surface area (TPSA) is 17.8 Å². The van der Waals surface area contributed by atoms with E-state index in [0.29, 0.717) is 0 Å². The third kappa shape index (κ3) is 3.52. The van der Waals surface area contributed by atoms with Crippen LogP contribution in [0.25, 0.3) is 22.6 Å². The van der Waals surface area contributed by atoms with Crippen LogP contribution in [0.1, 0.15) is 5.56 Å². The van der Waals surface area contributed by atoms with Gasteiger partial charge >= 0.3 is 12.5 Å². The molecule has 0 saturated carbocycles. The Hall–Kier alpha value is -2.77. The summed E-state index contributed by atoms with van der Waals surface area (Å²) >= 11 is 0. The number of benzene rings is 2. The molecular formula is C17H10F6N2. The Morgan fingerprint density at radius 2 is 1.32 bits per heavy atom. The average molecular weight is 356 g/mol. The fraction of sp³-hybridized carbons (Fsp3) is 0.118. The van der Waals surface area contributed by atoms with Crippen molar-refractivity contribution in [2.45, 2.75) is 12.5 Å². The molecule has 0 bridgehead atoms. The highest BCUT2D eigenvalue weighted by atomic mass is 19.4. The van der Waals surface area contributed by atoms with Gasteiger partial charge in [0.25, 0.3) is 0 Å². The third-order valence-corrected chi connectivity index (χ3v) is 3.52. The van der Waals surface area contributed by atoms with Crippen LogP contribution in [-0.2, 0) is 12.5 Å². The first-order chi connectivity index (χ1) is 11.7. The van der Waals surface area contributed by atoms with Crippen molar-refractivity contribution in [3.8, 4) is 22.6 Å². The second-order valence-corrected chi connectivity index (χ2v) is 5.23. The molecular weight excluding hydrogens is 346 g/mol. The van der Waals surface area contributed by atoms with E-state index < -0.39 is 18.0 Å². The van der Waals surface area contributed by atoms with Crippen LogP contribution >= 0.6 is 0 Å². The van der Waals surface area contributed by atoms with Gasteiger partial charge in [-0.2, -0.15) is 13.2 Å². The Balaban J connectivity index is 2.08. The van der Waals surface area contributed by atoms with Crippen molar-refractivity contribution < 1.29 is 26.3 Å². The smallest absolute Gasteiger partial charge is 0.240 e. The molecule has 0 atom stereocenters. The van der Waals surface area contributed by atoms with E-state index in [-0.39, 0.29) is 27.2 Å². The van der Waals surface area contributed by atoms with Gasteiger partial charge in [0.15, 0.2) is 0 Å². The van der Waals surface area contributed by atoms with Gasteiger partial charge in [0.05, 0.1) is 11.3 Å². The van der Waals surface area contributed by atoms with Gasteiger partial charge in [-0.15, -0.1) is 13.2 Å². The molecule has 0 amide bonds. The van der Waals surface area contributed by atoms with E-state index in [4.69, 9.17) is 0 Å². The van der Waals surface area contributed by atoms with Crippen LogP contribution in [-0.4, -0.2) is 9.55 Å². The highest BCUT2D eigenvalue weighted by Crippen LogP contribution is 2.34. The Bertz CT molecular complexity index is 861. The van der Waals surface area contributed by atoms with E-state index >= 15 is 0 Å². The summed E-state index contributed by atoms with van der Waals surface area (Å²) in [6.07, 6.45) is -8.45. The zero-order chi connectivity index (χ0) is 18.2. The number of hydrogen-bond acceptors (Lipinski definition) is 1. The predicted octanol–water partition coefficient (Wildman–Crippen LogP) is 5.71. The number of halogens is 6. The molecule has 0 radical (unpaired) electrons. The zero-order valence-corrected chi connectivity index (χ0v) is 12.4.